The molecule has 1 spiro atoms. The molecule has 0 N–H and O–H groups in total. The van der Waals surface area contributed by atoms with Crippen molar-refractivity contribution in [3.63, 3.8) is 0 Å². The molecule has 0 radical (unpaired) electrons. The first kappa shape index (κ1) is 16.1. The van der Waals surface area contributed by atoms with Crippen LogP contribution in [0.3, 0.4) is 0 Å². The predicted molar refractivity (Wildman–Crippen MR) is 96.9 cm³/mol. The number of aromatic nitrogens is 2. The van der Waals surface area contributed by atoms with Crippen LogP contribution in [0, 0.1) is 19.3 Å². The number of ether oxygens (including phenoxy) is 1. The molecule has 132 valence electrons. The van der Waals surface area contributed by atoms with Crippen LogP contribution in [-0.2, 0) is 4.74 Å². The van der Waals surface area contributed by atoms with E-state index >= 15 is 0 Å². The second-order valence-electron chi connectivity index (χ2n) is 7.85. The molecule has 0 unspecified atom stereocenters. The topological polar surface area (TPSA) is 41.5 Å². The second-order valence-corrected chi connectivity index (χ2v) is 7.85. The molecule has 3 saturated heterocycles. The first-order valence-corrected chi connectivity index (χ1v) is 9.60. The Bertz CT molecular complexity index is 581. The van der Waals surface area contributed by atoms with E-state index < -0.39 is 0 Å². The molecule has 3 aliphatic heterocycles. The molecule has 5 nitrogen and oxygen atoms in total. The van der Waals surface area contributed by atoms with Crippen molar-refractivity contribution in [2.24, 2.45) is 5.41 Å². The highest BCUT2D eigenvalue weighted by Gasteiger charge is 2.36. The summed E-state index contributed by atoms with van der Waals surface area (Å²) >= 11 is 0. The van der Waals surface area contributed by atoms with Gasteiger partial charge in [-0.15, -0.1) is 0 Å². The maximum atomic E-state index is 5.58. The lowest BCUT2D eigenvalue weighted by molar-refractivity contribution is 0.00205. The van der Waals surface area contributed by atoms with Crippen LogP contribution >= 0.6 is 0 Å². The van der Waals surface area contributed by atoms with Crippen molar-refractivity contribution < 1.29 is 4.74 Å². The molecule has 0 atom stereocenters. The minimum atomic E-state index is 0.530. The zero-order valence-corrected chi connectivity index (χ0v) is 15.2. The molecule has 3 aliphatic rings. The standard InChI is InChI=1S/C19H30N4O/c1-15-16(2)20-18(23-9-3-4-10-23)21-17(15)22-11-5-19(6-12-22)7-13-24-14-8-19/h3-14H2,1-2H3. The summed E-state index contributed by atoms with van der Waals surface area (Å²) in [6, 6.07) is 0. The van der Waals surface area contributed by atoms with Gasteiger partial charge in [0.2, 0.25) is 5.95 Å². The van der Waals surface area contributed by atoms with Gasteiger partial charge in [-0.1, -0.05) is 0 Å². The summed E-state index contributed by atoms with van der Waals surface area (Å²) < 4.78 is 5.58. The van der Waals surface area contributed by atoms with E-state index in [1.807, 2.05) is 0 Å². The van der Waals surface area contributed by atoms with E-state index in [0.29, 0.717) is 5.41 Å². The van der Waals surface area contributed by atoms with Crippen LogP contribution in [0.1, 0.15) is 49.8 Å². The average molecular weight is 330 g/mol. The van der Waals surface area contributed by atoms with Crippen molar-refractivity contribution >= 4 is 11.8 Å². The van der Waals surface area contributed by atoms with Crippen LogP contribution in [0.15, 0.2) is 0 Å². The third-order valence-electron chi connectivity index (χ3n) is 6.42. The first-order valence-electron chi connectivity index (χ1n) is 9.60. The predicted octanol–water partition coefficient (Wildman–Crippen LogP) is 3.09. The van der Waals surface area contributed by atoms with Gasteiger partial charge in [0.1, 0.15) is 5.82 Å². The number of piperidine rings is 1. The van der Waals surface area contributed by atoms with Gasteiger partial charge < -0.3 is 14.5 Å². The summed E-state index contributed by atoms with van der Waals surface area (Å²) in [4.78, 5) is 14.6. The van der Waals surface area contributed by atoms with Crippen LogP contribution in [0.4, 0.5) is 11.8 Å². The summed E-state index contributed by atoms with van der Waals surface area (Å²) in [5.41, 5.74) is 2.91. The maximum Gasteiger partial charge on any atom is 0.227 e. The molecule has 1 aromatic rings. The fraction of sp³-hybridized carbons (Fsp3) is 0.789. The van der Waals surface area contributed by atoms with E-state index in [1.54, 1.807) is 0 Å². The second kappa shape index (κ2) is 6.51. The van der Waals surface area contributed by atoms with Crippen LogP contribution in [0.5, 0.6) is 0 Å². The highest BCUT2D eigenvalue weighted by molar-refractivity contribution is 5.53. The fourth-order valence-electron chi connectivity index (χ4n) is 4.46. The largest absolute Gasteiger partial charge is 0.381 e. The number of aryl methyl sites for hydroxylation is 1. The number of nitrogens with zero attached hydrogens (tertiary/aromatic N) is 4. The van der Waals surface area contributed by atoms with Gasteiger partial charge in [0.15, 0.2) is 0 Å². The smallest absolute Gasteiger partial charge is 0.227 e. The minimum absolute atomic E-state index is 0.530. The third-order valence-corrected chi connectivity index (χ3v) is 6.42. The number of hydrogen-bond acceptors (Lipinski definition) is 5. The Labute approximate surface area is 145 Å². The van der Waals surface area contributed by atoms with Gasteiger partial charge in [-0.25, -0.2) is 4.98 Å². The summed E-state index contributed by atoms with van der Waals surface area (Å²) in [5, 5.41) is 0. The fourth-order valence-corrected chi connectivity index (χ4v) is 4.46. The highest BCUT2D eigenvalue weighted by Crippen LogP contribution is 2.41. The monoisotopic (exact) mass is 330 g/mol. The molecular weight excluding hydrogens is 300 g/mol. The van der Waals surface area contributed by atoms with Gasteiger partial charge >= 0.3 is 0 Å². The van der Waals surface area contributed by atoms with E-state index in [1.165, 1.54) is 49.9 Å². The Hall–Kier alpha value is -1.36. The quantitative estimate of drug-likeness (QED) is 0.833. The Morgan fingerprint density at radius 2 is 1.50 bits per heavy atom. The minimum Gasteiger partial charge on any atom is -0.381 e. The average Bonchev–Trinajstić information content (AvgIpc) is 3.14. The molecule has 1 aromatic heterocycles. The van der Waals surface area contributed by atoms with Crippen molar-refractivity contribution in [3.8, 4) is 0 Å². The van der Waals surface area contributed by atoms with Gasteiger partial charge in [0.05, 0.1) is 0 Å². The van der Waals surface area contributed by atoms with Crippen LogP contribution in [-0.4, -0.2) is 49.4 Å². The van der Waals surface area contributed by atoms with Crippen molar-refractivity contribution in [1.29, 1.82) is 0 Å². The number of hydrogen-bond donors (Lipinski definition) is 0. The first-order chi connectivity index (χ1) is 11.7. The Kier molecular flexibility index (Phi) is 4.37. The summed E-state index contributed by atoms with van der Waals surface area (Å²) in [7, 11) is 0. The van der Waals surface area contributed by atoms with E-state index in [9.17, 15) is 0 Å². The molecule has 5 heteroatoms. The van der Waals surface area contributed by atoms with Crippen LogP contribution in [0.2, 0.25) is 0 Å². The van der Waals surface area contributed by atoms with Gasteiger partial charge in [-0.05, 0) is 57.8 Å². The van der Waals surface area contributed by atoms with Crippen LogP contribution in [0.25, 0.3) is 0 Å². The molecule has 0 amide bonds. The molecule has 0 aliphatic carbocycles. The molecule has 0 bridgehead atoms. The van der Waals surface area contributed by atoms with Crippen molar-refractivity contribution in [3.05, 3.63) is 11.3 Å². The van der Waals surface area contributed by atoms with E-state index in [-0.39, 0.29) is 0 Å². The highest BCUT2D eigenvalue weighted by atomic mass is 16.5. The van der Waals surface area contributed by atoms with Crippen molar-refractivity contribution in [1.82, 2.24) is 9.97 Å². The number of anilines is 2. The van der Waals surface area contributed by atoms with Crippen molar-refractivity contribution in [2.45, 2.75) is 52.4 Å². The number of rotatable bonds is 2. The molecule has 24 heavy (non-hydrogen) atoms. The molecule has 4 rings (SSSR count). The summed E-state index contributed by atoms with van der Waals surface area (Å²) in [5.74, 6) is 2.11. The van der Waals surface area contributed by atoms with Gasteiger partial charge in [-0.3, -0.25) is 0 Å². The van der Waals surface area contributed by atoms with E-state index in [4.69, 9.17) is 14.7 Å². The Balaban J connectivity index is 1.53. The Morgan fingerprint density at radius 1 is 0.833 bits per heavy atom. The molecule has 3 fully saturated rings. The molecular formula is C19H30N4O. The normalized spacial score (nSPS) is 23.9. The lowest BCUT2D eigenvalue weighted by atomic mass is 9.72. The molecule has 0 saturated carbocycles. The van der Waals surface area contributed by atoms with Crippen molar-refractivity contribution in [2.75, 3.05) is 49.2 Å². The zero-order chi connectivity index (χ0) is 16.6. The zero-order valence-electron chi connectivity index (χ0n) is 15.2. The third kappa shape index (κ3) is 2.99. The van der Waals surface area contributed by atoms with Gasteiger partial charge in [0.25, 0.3) is 0 Å². The lowest BCUT2D eigenvalue weighted by Gasteiger charge is -2.44. The Morgan fingerprint density at radius 3 is 2.17 bits per heavy atom. The van der Waals surface area contributed by atoms with E-state index in [2.05, 4.69) is 23.6 Å². The maximum absolute atomic E-state index is 5.58. The van der Waals surface area contributed by atoms with Crippen LogP contribution < -0.4 is 9.80 Å². The summed E-state index contributed by atoms with van der Waals surface area (Å²) in [6.45, 7) is 10.7. The lowest BCUT2D eigenvalue weighted by Crippen LogP contribution is -2.43. The van der Waals surface area contributed by atoms with E-state index in [0.717, 1.165) is 51.0 Å². The molecule has 0 aromatic carbocycles. The summed E-state index contributed by atoms with van der Waals surface area (Å²) in [6.07, 6.45) is 7.55. The molecule has 4 heterocycles. The SMILES string of the molecule is Cc1nc(N2CCCC2)nc(N2CCC3(CCOCC3)CC2)c1C. The van der Waals surface area contributed by atoms with Gasteiger partial charge in [-0.2, -0.15) is 4.98 Å². The van der Waals surface area contributed by atoms with Gasteiger partial charge in [0, 0.05) is 50.7 Å².